The molecule has 0 aliphatic rings. The van der Waals surface area contributed by atoms with Crippen molar-refractivity contribution in [2.45, 2.75) is 19.4 Å². The normalized spacial score (nSPS) is 12.8. The van der Waals surface area contributed by atoms with Gasteiger partial charge in [0.05, 0.1) is 12.6 Å². The number of hydrogen-bond acceptors (Lipinski definition) is 4. The van der Waals surface area contributed by atoms with E-state index >= 15 is 0 Å². The molecule has 1 unspecified atom stereocenters. The summed E-state index contributed by atoms with van der Waals surface area (Å²) in [6.45, 7) is 4.14. The molecule has 6 heteroatoms. The second-order valence-electron chi connectivity index (χ2n) is 6.46. The number of para-hydroxylation sites is 1. The van der Waals surface area contributed by atoms with Gasteiger partial charge in [0, 0.05) is 24.9 Å². The van der Waals surface area contributed by atoms with E-state index in [9.17, 15) is 0 Å². The summed E-state index contributed by atoms with van der Waals surface area (Å²) in [6, 6.07) is 17.3. The maximum absolute atomic E-state index is 6.04. The van der Waals surface area contributed by atoms with Crippen molar-refractivity contribution in [1.29, 1.82) is 0 Å². The Labute approximate surface area is 162 Å². The number of nitrogens with zero attached hydrogens (tertiary/aromatic N) is 2. The second kappa shape index (κ2) is 11.2. The quantitative estimate of drug-likeness (QED) is 0.494. The Hall–Kier alpha value is -2.57. The van der Waals surface area contributed by atoms with Gasteiger partial charge in [0.2, 0.25) is 0 Å². The summed E-state index contributed by atoms with van der Waals surface area (Å²) in [5, 5.41) is 3.11. The maximum Gasteiger partial charge on any atom is 0.193 e. The van der Waals surface area contributed by atoms with Crippen molar-refractivity contribution < 1.29 is 9.47 Å². The van der Waals surface area contributed by atoms with Gasteiger partial charge in [0.15, 0.2) is 5.96 Å². The van der Waals surface area contributed by atoms with Crippen molar-refractivity contribution in [3.05, 3.63) is 54.6 Å². The Morgan fingerprint density at radius 2 is 1.85 bits per heavy atom. The van der Waals surface area contributed by atoms with Gasteiger partial charge in [0.1, 0.15) is 11.5 Å². The predicted molar refractivity (Wildman–Crippen MR) is 112 cm³/mol. The van der Waals surface area contributed by atoms with Crippen LogP contribution in [0.25, 0.3) is 0 Å². The van der Waals surface area contributed by atoms with Gasteiger partial charge >= 0.3 is 0 Å². The first-order valence-electron chi connectivity index (χ1n) is 9.23. The summed E-state index contributed by atoms with van der Waals surface area (Å²) in [5.41, 5.74) is 6.87. The van der Waals surface area contributed by atoms with E-state index in [0.717, 1.165) is 30.2 Å². The molecule has 1 atom stereocenters. The van der Waals surface area contributed by atoms with Crippen LogP contribution in [0.2, 0.25) is 0 Å². The number of nitrogens with one attached hydrogen (secondary N) is 1. The number of aliphatic imine (C=N–C) groups is 1. The van der Waals surface area contributed by atoms with E-state index in [2.05, 4.69) is 15.2 Å². The Bertz CT molecular complexity index is 704. The monoisotopic (exact) mass is 370 g/mol. The number of guanidine groups is 1. The average Bonchev–Trinajstić information content (AvgIpc) is 2.65. The average molecular weight is 370 g/mol. The minimum absolute atomic E-state index is 0.0606. The van der Waals surface area contributed by atoms with E-state index in [4.69, 9.17) is 15.2 Å². The van der Waals surface area contributed by atoms with Gasteiger partial charge in [-0.3, -0.25) is 4.99 Å². The van der Waals surface area contributed by atoms with Gasteiger partial charge in [-0.25, -0.2) is 0 Å². The van der Waals surface area contributed by atoms with Crippen LogP contribution in [0, 0.1) is 0 Å². The van der Waals surface area contributed by atoms with E-state index in [1.807, 2.05) is 75.6 Å². The van der Waals surface area contributed by atoms with Crippen LogP contribution in [-0.4, -0.2) is 50.8 Å². The maximum atomic E-state index is 6.04. The number of hydrogen-bond donors (Lipinski definition) is 2. The third kappa shape index (κ3) is 8.11. The summed E-state index contributed by atoms with van der Waals surface area (Å²) >= 11 is 0. The molecule has 0 fully saturated rings. The molecule has 0 aliphatic carbocycles. The van der Waals surface area contributed by atoms with E-state index in [0.29, 0.717) is 19.1 Å². The Morgan fingerprint density at radius 3 is 2.56 bits per heavy atom. The third-order valence-corrected chi connectivity index (χ3v) is 3.85. The zero-order valence-corrected chi connectivity index (χ0v) is 16.4. The van der Waals surface area contributed by atoms with E-state index in [1.165, 1.54) is 0 Å². The van der Waals surface area contributed by atoms with Crippen LogP contribution >= 0.6 is 0 Å². The van der Waals surface area contributed by atoms with E-state index in [1.54, 1.807) is 0 Å². The van der Waals surface area contributed by atoms with E-state index in [-0.39, 0.29) is 6.10 Å². The van der Waals surface area contributed by atoms with Crippen molar-refractivity contribution in [3.8, 4) is 11.5 Å². The van der Waals surface area contributed by atoms with Crippen molar-refractivity contribution in [2.75, 3.05) is 39.1 Å². The molecule has 2 aromatic carbocycles. The molecule has 0 aliphatic heterocycles. The topological polar surface area (TPSA) is 72.1 Å². The van der Waals surface area contributed by atoms with Crippen LogP contribution in [0.3, 0.4) is 0 Å². The third-order valence-electron chi connectivity index (χ3n) is 3.85. The molecule has 0 saturated heterocycles. The van der Waals surface area contributed by atoms with Crippen LogP contribution < -0.4 is 15.8 Å². The molecule has 0 saturated carbocycles. The molecular formula is C21H30N4O2. The molecule has 0 radical (unpaired) electrons. The molecule has 0 heterocycles. The van der Waals surface area contributed by atoms with Crippen molar-refractivity contribution in [3.63, 3.8) is 0 Å². The van der Waals surface area contributed by atoms with Crippen LogP contribution in [0.5, 0.6) is 11.5 Å². The highest BCUT2D eigenvalue weighted by atomic mass is 16.5. The van der Waals surface area contributed by atoms with Crippen LogP contribution in [-0.2, 0) is 4.74 Å². The first kappa shape index (κ1) is 20.7. The zero-order chi connectivity index (χ0) is 19.5. The molecule has 6 nitrogen and oxygen atoms in total. The van der Waals surface area contributed by atoms with Gasteiger partial charge in [-0.2, -0.15) is 0 Å². The highest BCUT2D eigenvalue weighted by molar-refractivity contribution is 5.92. The minimum Gasteiger partial charge on any atom is -0.457 e. The lowest BCUT2D eigenvalue weighted by Crippen LogP contribution is -2.28. The number of benzene rings is 2. The van der Waals surface area contributed by atoms with E-state index < -0.39 is 0 Å². The van der Waals surface area contributed by atoms with Gasteiger partial charge < -0.3 is 25.4 Å². The lowest BCUT2D eigenvalue weighted by Gasteiger charge is -2.18. The lowest BCUT2D eigenvalue weighted by molar-refractivity contribution is 0.0583. The van der Waals surface area contributed by atoms with Crippen LogP contribution in [0.15, 0.2) is 59.6 Å². The van der Waals surface area contributed by atoms with Gasteiger partial charge in [-0.15, -0.1) is 0 Å². The predicted octanol–water partition coefficient (Wildman–Crippen LogP) is 3.56. The molecule has 0 amide bonds. The van der Waals surface area contributed by atoms with Gasteiger partial charge in [-0.05, 0) is 51.7 Å². The standard InChI is InChI=1S/C21H30N4O2/c1-4-26-20(13-14-25(2)3)16-23-21(22)24-17-9-8-12-19(15-17)27-18-10-6-5-7-11-18/h5-12,15,20H,4,13-14,16H2,1-3H3,(H3,22,23,24). The van der Waals surface area contributed by atoms with Crippen LogP contribution in [0.4, 0.5) is 5.69 Å². The highest BCUT2D eigenvalue weighted by Gasteiger charge is 2.09. The van der Waals surface area contributed by atoms with Crippen molar-refractivity contribution in [2.24, 2.45) is 10.7 Å². The highest BCUT2D eigenvalue weighted by Crippen LogP contribution is 2.23. The molecule has 0 spiro atoms. The largest absolute Gasteiger partial charge is 0.457 e. The Morgan fingerprint density at radius 1 is 1.11 bits per heavy atom. The zero-order valence-electron chi connectivity index (χ0n) is 16.4. The fourth-order valence-electron chi connectivity index (χ4n) is 2.51. The molecular weight excluding hydrogens is 340 g/mol. The Kier molecular flexibility index (Phi) is 8.61. The summed E-state index contributed by atoms with van der Waals surface area (Å²) < 4.78 is 11.6. The minimum atomic E-state index is 0.0606. The first-order valence-corrected chi connectivity index (χ1v) is 9.23. The Balaban J connectivity index is 1.92. The second-order valence-corrected chi connectivity index (χ2v) is 6.46. The fraction of sp³-hybridized carbons (Fsp3) is 0.381. The molecule has 146 valence electrons. The SMILES string of the molecule is CCOC(CCN(C)C)CN=C(N)Nc1cccc(Oc2ccccc2)c1. The molecule has 2 aromatic rings. The summed E-state index contributed by atoms with van der Waals surface area (Å²) in [7, 11) is 4.10. The first-order chi connectivity index (χ1) is 13.1. The molecule has 2 rings (SSSR count). The summed E-state index contributed by atoms with van der Waals surface area (Å²) in [6.07, 6.45) is 0.975. The van der Waals surface area contributed by atoms with Crippen molar-refractivity contribution >= 4 is 11.6 Å². The summed E-state index contributed by atoms with van der Waals surface area (Å²) in [4.78, 5) is 6.56. The number of nitrogens with two attached hydrogens (primary N) is 1. The summed E-state index contributed by atoms with van der Waals surface area (Å²) in [5.74, 6) is 1.88. The number of rotatable bonds is 10. The smallest absolute Gasteiger partial charge is 0.193 e. The van der Waals surface area contributed by atoms with Crippen molar-refractivity contribution in [1.82, 2.24) is 4.90 Å². The fourth-order valence-corrected chi connectivity index (χ4v) is 2.51. The van der Waals surface area contributed by atoms with Crippen LogP contribution in [0.1, 0.15) is 13.3 Å². The number of ether oxygens (including phenoxy) is 2. The molecule has 0 bridgehead atoms. The lowest BCUT2D eigenvalue weighted by atomic mass is 10.2. The molecule has 0 aromatic heterocycles. The molecule has 3 N–H and O–H groups in total. The van der Waals surface area contributed by atoms with Gasteiger partial charge in [-0.1, -0.05) is 24.3 Å². The van der Waals surface area contributed by atoms with Gasteiger partial charge in [0.25, 0.3) is 0 Å². The molecule has 27 heavy (non-hydrogen) atoms. The number of anilines is 1.